The SMILES string of the molecule is CCCCOc1ccc([C@H]2/C(=C(\O)c3ccc4c(c3)C[C@H](C)O4)C(=O)C(=O)N2c2nc3c(C)cc(C)cc3s2)cc1OCC. The molecule has 2 aliphatic rings. The van der Waals surface area contributed by atoms with Crippen molar-refractivity contribution in [2.45, 2.75) is 66.0 Å². The number of carbonyl (C=O) groups is 2. The highest BCUT2D eigenvalue weighted by atomic mass is 32.1. The van der Waals surface area contributed by atoms with Crippen molar-refractivity contribution in [1.82, 2.24) is 4.98 Å². The van der Waals surface area contributed by atoms with E-state index in [1.165, 1.54) is 16.2 Å². The minimum atomic E-state index is -0.940. The summed E-state index contributed by atoms with van der Waals surface area (Å²) in [7, 11) is 0. The smallest absolute Gasteiger partial charge is 0.301 e. The summed E-state index contributed by atoms with van der Waals surface area (Å²) in [4.78, 5) is 34.0. The van der Waals surface area contributed by atoms with Gasteiger partial charge in [-0.3, -0.25) is 14.5 Å². The molecule has 228 valence electrons. The van der Waals surface area contributed by atoms with Crippen LogP contribution in [0, 0.1) is 13.8 Å². The maximum Gasteiger partial charge on any atom is 0.301 e. The number of hydrogen-bond donors (Lipinski definition) is 1. The molecule has 3 heterocycles. The molecule has 0 spiro atoms. The molecule has 6 rings (SSSR count). The van der Waals surface area contributed by atoms with E-state index in [-0.39, 0.29) is 17.4 Å². The fourth-order valence-corrected chi connectivity index (χ4v) is 7.11. The molecular weight excluding hydrogens is 576 g/mol. The second-order valence-electron chi connectivity index (χ2n) is 11.4. The first-order valence-corrected chi connectivity index (χ1v) is 15.9. The van der Waals surface area contributed by atoms with Crippen LogP contribution in [0.1, 0.15) is 67.5 Å². The van der Waals surface area contributed by atoms with Crippen molar-refractivity contribution >= 4 is 44.1 Å². The zero-order chi connectivity index (χ0) is 31.1. The minimum Gasteiger partial charge on any atom is -0.507 e. The van der Waals surface area contributed by atoms with E-state index in [1.807, 2.05) is 52.0 Å². The Bertz CT molecular complexity index is 1810. The summed E-state index contributed by atoms with van der Waals surface area (Å²) >= 11 is 1.35. The predicted molar refractivity (Wildman–Crippen MR) is 172 cm³/mol. The highest BCUT2D eigenvalue weighted by Crippen LogP contribution is 2.46. The van der Waals surface area contributed by atoms with Gasteiger partial charge in [-0.1, -0.05) is 36.8 Å². The summed E-state index contributed by atoms with van der Waals surface area (Å²) in [6.07, 6.45) is 2.60. The average molecular weight is 613 g/mol. The standard InChI is InChI=1S/C35H36N2O6S/c1-6-8-13-42-26-12-9-22(18-27(26)41-7-2)31-29(32(38)23-10-11-25-24(17-23)16-21(5)43-25)33(39)34(40)37(31)35-36-30-20(4)14-19(3)15-28(30)44-35/h9-12,14-15,17-18,21,31,38H,6-8,13,16H2,1-5H3/b32-29+/t21-,31-/m0/s1. The number of aromatic nitrogens is 1. The van der Waals surface area contributed by atoms with E-state index in [1.54, 1.807) is 24.3 Å². The Kier molecular flexibility index (Phi) is 8.07. The van der Waals surface area contributed by atoms with E-state index < -0.39 is 17.7 Å². The van der Waals surface area contributed by atoms with Crippen molar-refractivity contribution < 1.29 is 28.9 Å². The Morgan fingerprint density at radius 1 is 1.07 bits per heavy atom. The lowest BCUT2D eigenvalue weighted by Crippen LogP contribution is -2.29. The van der Waals surface area contributed by atoms with Crippen LogP contribution in [0.15, 0.2) is 54.1 Å². The number of benzene rings is 3. The van der Waals surface area contributed by atoms with Gasteiger partial charge in [-0.2, -0.15) is 0 Å². The van der Waals surface area contributed by atoms with Crippen LogP contribution < -0.4 is 19.1 Å². The third-order valence-electron chi connectivity index (χ3n) is 7.98. The van der Waals surface area contributed by atoms with Crippen LogP contribution in [0.4, 0.5) is 5.13 Å². The fraction of sp³-hybridized carbons (Fsp3) is 0.343. The number of ketones is 1. The zero-order valence-corrected chi connectivity index (χ0v) is 26.4. The third-order valence-corrected chi connectivity index (χ3v) is 8.98. The zero-order valence-electron chi connectivity index (χ0n) is 25.6. The van der Waals surface area contributed by atoms with Gasteiger partial charge >= 0.3 is 5.91 Å². The Morgan fingerprint density at radius 2 is 1.89 bits per heavy atom. The number of nitrogens with zero attached hydrogens (tertiary/aromatic N) is 2. The first-order valence-electron chi connectivity index (χ1n) is 15.1. The van der Waals surface area contributed by atoms with Gasteiger partial charge in [0, 0.05) is 12.0 Å². The first kappa shape index (κ1) is 29.7. The van der Waals surface area contributed by atoms with Crippen LogP contribution in [-0.4, -0.2) is 41.1 Å². The van der Waals surface area contributed by atoms with Gasteiger partial charge in [-0.05, 0) is 92.8 Å². The molecule has 44 heavy (non-hydrogen) atoms. The highest BCUT2D eigenvalue weighted by Gasteiger charge is 2.48. The summed E-state index contributed by atoms with van der Waals surface area (Å²) < 4.78 is 18.7. The van der Waals surface area contributed by atoms with Crippen molar-refractivity contribution in [2.75, 3.05) is 18.1 Å². The predicted octanol–water partition coefficient (Wildman–Crippen LogP) is 7.44. The molecule has 1 N–H and O–H groups in total. The van der Waals surface area contributed by atoms with Gasteiger partial charge in [0.05, 0.1) is 35.0 Å². The summed E-state index contributed by atoms with van der Waals surface area (Å²) in [5.74, 6) is 0.0834. The average Bonchev–Trinajstić information content (AvgIpc) is 3.66. The van der Waals surface area contributed by atoms with Crippen molar-refractivity contribution in [1.29, 1.82) is 0 Å². The number of ether oxygens (including phenoxy) is 3. The summed E-state index contributed by atoms with van der Waals surface area (Å²) in [6.45, 7) is 10.9. The number of rotatable bonds is 9. The van der Waals surface area contributed by atoms with Gasteiger partial charge in [0.2, 0.25) is 0 Å². The number of aliphatic hydroxyl groups excluding tert-OH is 1. The molecule has 1 saturated heterocycles. The van der Waals surface area contributed by atoms with Crippen LogP contribution in [0.5, 0.6) is 17.2 Å². The quantitative estimate of drug-likeness (QED) is 0.0908. The molecule has 4 aromatic rings. The molecule has 8 nitrogen and oxygen atoms in total. The number of carbonyl (C=O) groups excluding carboxylic acids is 2. The van der Waals surface area contributed by atoms with Crippen LogP contribution in [0.3, 0.4) is 0 Å². The summed E-state index contributed by atoms with van der Waals surface area (Å²) in [5, 5.41) is 12.1. The van der Waals surface area contributed by atoms with E-state index in [9.17, 15) is 14.7 Å². The highest BCUT2D eigenvalue weighted by molar-refractivity contribution is 7.22. The van der Waals surface area contributed by atoms with Gasteiger partial charge in [0.25, 0.3) is 5.78 Å². The van der Waals surface area contributed by atoms with Crippen LogP contribution >= 0.6 is 11.3 Å². The summed E-state index contributed by atoms with van der Waals surface area (Å²) in [6, 6.07) is 13.9. The molecule has 0 unspecified atom stereocenters. The van der Waals surface area contributed by atoms with Gasteiger partial charge in [0.15, 0.2) is 16.6 Å². The van der Waals surface area contributed by atoms with E-state index in [0.29, 0.717) is 47.4 Å². The Labute approximate surface area is 260 Å². The van der Waals surface area contributed by atoms with E-state index in [2.05, 4.69) is 6.92 Å². The van der Waals surface area contributed by atoms with Crippen LogP contribution in [0.2, 0.25) is 0 Å². The topological polar surface area (TPSA) is 98.2 Å². The molecule has 1 aromatic heterocycles. The van der Waals surface area contributed by atoms with Crippen molar-refractivity contribution in [3.8, 4) is 17.2 Å². The number of unbranched alkanes of at least 4 members (excludes halogenated alkanes) is 1. The number of aliphatic hydroxyl groups is 1. The number of fused-ring (bicyclic) bond motifs is 2. The number of anilines is 1. The normalized spacial score (nSPS) is 19.0. The number of amides is 1. The van der Waals surface area contributed by atoms with Crippen LogP contribution in [0.25, 0.3) is 16.0 Å². The van der Waals surface area contributed by atoms with Crippen molar-refractivity contribution in [3.05, 3.63) is 81.9 Å². The maximum atomic E-state index is 13.9. The second kappa shape index (κ2) is 12.0. The van der Waals surface area contributed by atoms with Crippen molar-refractivity contribution in [2.24, 2.45) is 0 Å². The fourth-order valence-electron chi connectivity index (χ4n) is 5.94. The largest absolute Gasteiger partial charge is 0.507 e. The number of aryl methyl sites for hydroxylation is 2. The van der Waals surface area contributed by atoms with Crippen molar-refractivity contribution in [3.63, 3.8) is 0 Å². The lowest BCUT2D eigenvalue weighted by Gasteiger charge is -2.24. The Hall–Kier alpha value is -4.37. The summed E-state index contributed by atoms with van der Waals surface area (Å²) in [5.41, 5.74) is 4.83. The van der Waals surface area contributed by atoms with E-state index in [0.717, 1.165) is 45.5 Å². The first-order chi connectivity index (χ1) is 21.2. The Balaban J connectivity index is 1.53. The molecule has 3 aromatic carbocycles. The lowest BCUT2D eigenvalue weighted by molar-refractivity contribution is -0.132. The molecule has 2 aliphatic heterocycles. The van der Waals surface area contributed by atoms with E-state index >= 15 is 0 Å². The van der Waals surface area contributed by atoms with E-state index in [4.69, 9.17) is 19.2 Å². The number of hydrogen-bond acceptors (Lipinski definition) is 8. The molecule has 9 heteroatoms. The second-order valence-corrected chi connectivity index (χ2v) is 12.4. The lowest BCUT2D eigenvalue weighted by atomic mass is 9.94. The molecular formula is C35H36N2O6S. The molecule has 0 bridgehead atoms. The van der Waals surface area contributed by atoms with Crippen LogP contribution in [-0.2, 0) is 16.0 Å². The third kappa shape index (κ3) is 5.30. The van der Waals surface area contributed by atoms with Gasteiger partial charge in [0.1, 0.15) is 17.6 Å². The maximum absolute atomic E-state index is 13.9. The minimum absolute atomic E-state index is 0.00354. The Morgan fingerprint density at radius 3 is 2.66 bits per heavy atom. The molecule has 0 saturated carbocycles. The molecule has 1 amide bonds. The molecule has 1 fully saturated rings. The monoisotopic (exact) mass is 612 g/mol. The number of Topliss-reactive ketones (excluding diaryl/α,β-unsaturated/α-hetero) is 1. The molecule has 2 atom stereocenters. The molecule has 0 radical (unpaired) electrons. The number of thiazole rings is 1. The molecule has 0 aliphatic carbocycles. The van der Waals surface area contributed by atoms with Gasteiger partial charge in [-0.15, -0.1) is 0 Å². The van der Waals surface area contributed by atoms with Gasteiger partial charge in [-0.25, -0.2) is 4.98 Å². The van der Waals surface area contributed by atoms with Gasteiger partial charge < -0.3 is 19.3 Å².